The van der Waals surface area contributed by atoms with Crippen LogP contribution < -0.4 is 5.32 Å². The van der Waals surface area contributed by atoms with Crippen molar-refractivity contribution < 1.29 is 18.3 Å². The fourth-order valence-corrected chi connectivity index (χ4v) is 1.58. The Kier molecular flexibility index (Phi) is 6.43. The van der Waals surface area contributed by atoms with Crippen LogP contribution in [0.25, 0.3) is 0 Å². The standard InChI is InChI=1S/C11H23F3N2O/c1-9(7-10(2,8-17)15-3)16(4)6-5-11(12,13)14/h9,15,17H,5-8H2,1-4H3. The number of rotatable bonds is 7. The SMILES string of the molecule is CNC(C)(CO)CC(C)N(C)CCC(F)(F)F. The van der Waals surface area contributed by atoms with Crippen LogP contribution in [0.2, 0.25) is 0 Å². The lowest BCUT2D eigenvalue weighted by Gasteiger charge is -2.34. The van der Waals surface area contributed by atoms with Gasteiger partial charge in [-0.05, 0) is 34.4 Å². The average Bonchev–Trinajstić information content (AvgIpc) is 2.24. The van der Waals surface area contributed by atoms with Crippen molar-refractivity contribution in [1.29, 1.82) is 0 Å². The lowest BCUT2D eigenvalue weighted by molar-refractivity contribution is -0.138. The van der Waals surface area contributed by atoms with Crippen molar-refractivity contribution >= 4 is 0 Å². The van der Waals surface area contributed by atoms with Crippen LogP contribution >= 0.6 is 0 Å². The van der Waals surface area contributed by atoms with Gasteiger partial charge in [0, 0.05) is 18.1 Å². The number of alkyl halides is 3. The predicted molar refractivity (Wildman–Crippen MR) is 61.9 cm³/mol. The van der Waals surface area contributed by atoms with Crippen molar-refractivity contribution in [3.8, 4) is 0 Å². The van der Waals surface area contributed by atoms with Gasteiger partial charge in [0.25, 0.3) is 0 Å². The highest BCUT2D eigenvalue weighted by Crippen LogP contribution is 2.21. The van der Waals surface area contributed by atoms with E-state index >= 15 is 0 Å². The van der Waals surface area contributed by atoms with Crippen LogP contribution in [0.1, 0.15) is 26.7 Å². The first-order chi connectivity index (χ1) is 7.63. The quantitative estimate of drug-likeness (QED) is 0.726. The molecule has 2 atom stereocenters. The third kappa shape index (κ3) is 6.85. The average molecular weight is 256 g/mol. The molecule has 0 aliphatic carbocycles. The van der Waals surface area contributed by atoms with Crippen LogP contribution in [-0.4, -0.2) is 55.0 Å². The Balaban J connectivity index is 4.18. The van der Waals surface area contributed by atoms with Gasteiger partial charge in [0.15, 0.2) is 0 Å². The van der Waals surface area contributed by atoms with Gasteiger partial charge in [-0.2, -0.15) is 13.2 Å². The molecular formula is C11H23F3N2O. The Morgan fingerprint density at radius 3 is 2.24 bits per heavy atom. The third-order valence-electron chi connectivity index (χ3n) is 3.20. The Morgan fingerprint density at radius 1 is 1.35 bits per heavy atom. The van der Waals surface area contributed by atoms with Gasteiger partial charge in [0.2, 0.25) is 0 Å². The Labute approximate surface area is 101 Å². The van der Waals surface area contributed by atoms with E-state index in [9.17, 15) is 18.3 Å². The molecule has 0 heterocycles. The van der Waals surface area contributed by atoms with Crippen molar-refractivity contribution in [2.45, 2.75) is 44.4 Å². The maximum absolute atomic E-state index is 12.1. The molecular weight excluding hydrogens is 233 g/mol. The minimum Gasteiger partial charge on any atom is -0.394 e. The molecule has 0 bridgehead atoms. The van der Waals surface area contributed by atoms with E-state index in [1.165, 1.54) is 0 Å². The van der Waals surface area contributed by atoms with E-state index in [0.717, 1.165) is 0 Å². The summed E-state index contributed by atoms with van der Waals surface area (Å²) in [6.45, 7) is 3.65. The molecule has 0 aliphatic rings. The minimum absolute atomic E-state index is 0.0180. The first kappa shape index (κ1) is 16.7. The highest BCUT2D eigenvalue weighted by Gasteiger charge is 2.30. The van der Waals surface area contributed by atoms with E-state index in [2.05, 4.69) is 5.32 Å². The first-order valence-corrected chi connectivity index (χ1v) is 5.70. The predicted octanol–water partition coefficient (Wildman–Crippen LogP) is 1.62. The second kappa shape index (κ2) is 6.56. The number of nitrogens with zero attached hydrogens (tertiary/aromatic N) is 1. The molecule has 2 N–H and O–H groups in total. The Morgan fingerprint density at radius 2 is 1.88 bits per heavy atom. The lowest BCUT2D eigenvalue weighted by atomic mass is 9.94. The highest BCUT2D eigenvalue weighted by atomic mass is 19.4. The number of hydrogen-bond donors (Lipinski definition) is 2. The van der Waals surface area contributed by atoms with Crippen molar-refractivity contribution in [1.82, 2.24) is 10.2 Å². The number of hydrogen-bond acceptors (Lipinski definition) is 3. The number of halogens is 3. The molecule has 0 aliphatic heterocycles. The minimum atomic E-state index is -4.11. The van der Waals surface area contributed by atoms with Crippen molar-refractivity contribution in [3.05, 3.63) is 0 Å². The normalized spacial score (nSPS) is 18.2. The summed E-state index contributed by atoms with van der Waals surface area (Å²) in [5, 5.41) is 12.2. The maximum atomic E-state index is 12.1. The molecule has 0 saturated heterocycles. The van der Waals surface area contributed by atoms with E-state index in [4.69, 9.17) is 0 Å². The molecule has 0 aromatic heterocycles. The number of aliphatic hydroxyl groups excluding tert-OH is 1. The zero-order chi connectivity index (χ0) is 13.7. The Bertz CT molecular complexity index is 217. The lowest BCUT2D eigenvalue weighted by Crippen LogP contribution is -2.48. The fraction of sp³-hybridized carbons (Fsp3) is 1.00. The van der Waals surface area contributed by atoms with Crippen LogP contribution in [0, 0.1) is 0 Å². The van der Waals surface area contributed by atoms with E-state index in [-0.39, 0.29) is 19.2 Å². The summed E-state index contributed by atoms with van der Waals surface area (Å²) in [4.78, 5) is 1.67. The second-order valence-electron chi connectivity index (χ2n) is 4.87. The summed E-state index contributed by atoms with van der Waals surface area (Å²) in [7, 11) is 3.41. The van der Waals surface area contributed by atoms with Crippen LogP contribution in [0.3, 0.4) is 0 Å². The summed E-state index contributed by atoms with van der Waals surface area (Å²) < 4.78 is 36.2. The smallest absolute Gasteiger partial charge is 0.390 e. The van der Waals surface area contributed by atoms with Gasteiger partial charge in [-0.15, -0.1) is 0 Å². The van der Waals surface area contributed by atoms with Crippen molar-refractivity contribution in [2.24, 2.45) is 0 Å². The molecule has 0 aromatic rings. The molecule has 0 saturated carbocycles. The van der Waals surface area contributed by atoms with Gasteiger partial charge in [-0.3, -0.25) is 0 Å². The van der Waals surface area contributed by atoms with Crippen LogP contribution in [0.15, 0.2) is 0 Å². The van der Waals surface area contributed by atoms with Gasteiger partial charge in [-0.25, -0.2) is 0 Å². The van der Waals surface area contributed by atoms with Gasteiger partial charge < -0.3 is 15.3 Å². The number of nitrogens with one attached hydrogen (secondary N) is 1. The van der Waals surface area contributed by atoms with Crippen LogP contribution in [0.5, 0.6) is 0 Å². The summed E-state index contributed by atoms with van der Waals surface area (Å²) in [6.07, 6.45) is -4.32. The molecule has 2 unspecified atom stereocenters. The molecule has 6 heteroatoms. The van der Waals surface area contributed by atoms with Gasteiger partial charge in [0.1, 0.15) is 0 Å². The van der Waals surface area contributed by atoms with E-state index in [0.29, 0.717) is 6.42 Å². The number of aliphatic hydroxyl groups is 1. The van der Waals surface area contributed by atoms with Gasteiger partial charge >= 0.3 is 6.18 Å². The summed E-state index contributed by atoms with van der Waals surface area (Å²) in [6, 6.07) is -0.0260. The van der Waals surface area contributed by atoms with Crippen LogP contribution in [-0.2, 0) is 0 Å². The van der Waals surface area contributed by atoms with E-state index in [1.807, 2.05) is 13.8 Å². The first-order valence-electron chi connectivity index (χ1n) is 5.70. The van der Waals surface area contributed by atoms with Crippen molar-refractivity contribution in [3.63, 3.8) is 0 Å². The second-order valence-corrected chi connectivity index (χ2v) is 4.87. The molecule has 0 amide bonds. The van der Waals surface area contributed by atoms with Crippen LogP contribution in [0.4, 0.5) is 13.2 Å². The number of likely N-dealkylation sites (N-methyl/N-ethyl adjacent to an activating group) is 1. The zero-order valence-electron chi connectivity index (χ0n) is 10.9. The maximum Gasteiger partial charge on any atom is 0.390 e. The highest BCUT2D eigenvalue weighted by molar-refractivity contribution is 4.85. The van der Waals surface area contributed by atoms with Crippen molar-refractivity contribution in [2.75, 3.05) is 27.2 Å². The topological polar surface area (TPSA) is 35.5 Å². The third-order valence-corrected chi connectivity index (χ3v) is 3.20. The molecule has 0 spiro atoms. The molecule has 0 rings (SSSR count). The zero-order valence-corrected chi connectivity index (χ0v) is 10.9. The monoisotopic (exact) mass is 256 g/mol. The molecule has 0 fully saturated rings. The van der Waals surface area contributed by atoms with Gasteiger partial charge in [-0.1, -0.05) is 0 Å². The largest absolute Gasteiger partial charge is 0.394 e. The molecule has 0 radical (unpaired) electrons. The molecule has 17 heavy (non-hydrogen) atoms. The fourth-order valence-electron chi connectivity index (χ4n) is 1.58. The summed E-state index contributed by atoms with van der Waals surface area (Å²) in [5.74, 6) is 0. The Hall–Kier alpha value is -0.330. The van der Waals surface area contributed by atoms with E-state index in [1.54, 1.807) is 19.0 Å². The van der Waals surface area contributed by atoms with Gasteiger partial charge in [0.05, 0.1) is 13.0 Å². The van der Waals surface area contributed by atoms with E-state index < -0.39 is 18.1 Å². The molecule has 104 valence electrons. The molecule has 0 aromatic carbocycles. The summed E-state index contributed by atoms with van der Waals surface area (Å²) >= 11 is 0. The molecule has 3 nitrogen and oxygen atoms in total. The summed E-state index contributed by atoms with van der Waals surface area (Å²) in [5.41, 5.74) is -0.452.